The number of carbonyl (C=O) groups is 5. The quantitative estimate of drug-likeness (QED) is 0.207. The van der Waals surface area contributed by atoms with Crippen LogP contribution >= 0.6 is 0 Å². The summed E-state index contributed by atoms with van der Waals surface area (Å²) in [5.74, 6) is -0.571. The molecule has 2 bridgehead atoms. The van der Waals surface area contributed by atoms with Crippen LogP contribution in [0.25, 0.3) is 0 Å². The van der Waals surface area contributed by atoms with E-state index in [1.807, 2.05) is 12.1 Å². The highest BCUT2D eigenvalue weighted by Gasteiger charge is 2.34. The van der Waals surface area contributed by atoms with Gasteiger partial charge in [-0.2, -0.15) is 5.10 Å². The molecule has 0 unspecified atom stereocenters. The smallest absolute Gasteiger partial charge is 0.272 e. The Hall–Kier alpha value is -5.40. The zero-order valence-electron chi connectivity index (χ0n) is 32.1. The van der Waals surface area contributed by atoms with Crippen LogP contribution in [0.4, 0.5) is 0 Å². The fourth-order valence-electron chi connectivity index (χ4n) is 7.25. The number of amides is 5. The summed E-state index contributed by atoms with van der Waals surface area (Å²) < 4.78 is 11.4. The van der Waals surface area contributed by atoms with E-state index in [9.17, 15) is 24.0 Å². The lowest BCUT2D eigenvalue weighted by atomic mass is 10.0. The highest BCUT2D eigenvalue weighted by atomic mass is 16.5. The minimum Gasteiger partial charge on any atom is -0.497 e. The van der Waals surface area contributed by atoms with Crippen LogP contribution in [0.15, 0.2) is 48.5 Å². The molecule has 55 heavy (non-hydrogen) atoms. The van der Waals surface area contributed by atoms with Crippen molar-refractivity contribution in [2.75, 3.05) is 26.8 Å². The second kappa shape index (κ2) is 17.8. The summed E-state index contributed by atoms with van der Waals surface area (Å²) in [6.07, 6.45) is 5.22. The number of aromatic nitrogens is 2. The van der Waals surface area contributed by atoms with E-state index in [0.717, 1.165) is 48.1 Å². The molecule has 14 heteroatoms. The van der Waals surface area contributed by atoms with Crippen molar-refractivity contribution in [3.05, 3.63) is 76.6 Å². The maximum absolute atomic E-state index is 14.3. The van der Waals surface area contributed by atoms with Gasteiger partial charge in [0.15, 0.2) is 5.69 Å². The van der Waals surface area contributed by atoms with Gasteiger partial charge in [-0.3, -0.25) is 29.1 Å². The highest BCUT2D eigenvalue weighted by Crippen LogP contribution is 2.30. The van der Waals surface area contributed by atoms with Crippen molar-refractivity contribution in [1.29, 1.82) is 0 Å². The van der Waals surface area contributed by atoms with Crippen molar-refractivity contribution in [3.63, 3.8) is 0 Å². The number of H-pyrrole nitrogens is 1. The average molecular weight is 756 g/mol. The third-order valence-electron chi connectivity index (χ3n) is 10.4. The highest BCUT2D eigenvalue weighted by molar-refractivity contribution is 5.99. The molecule has 1 saturated carbocycles. The van der Waals surface area contributed by atoms with Gasteiger partial charge in [-0.15, -0.1) is 0 Å². The fourth-order valence-corrected chi connectivity index (χ4v) is 7.25. The lowest BCUT2D eigenvalue weighted by molar-refractivity contribution is -0.140. The standard InChI is InChI=1S/C41H53N7O7/c1-24(2)18-29-23-55-31-16-12-27(13-17-31)20-35(45-40(52)37-32-6-5-7-33(32)46-47-37)39(51)44-34(19-26-10-14-30(54-4)15-11-26)38(50)42-25(3)41(53)48(21-28-8-9-28)22-36(49)43-29/h10-17,24-25,28-29,34-35H,5-9,18-23H2,1-4H3,(H,42,50)(H,43,49)(H,44,51)(H,45,52)(H,46,47)/t25-,29+,34+,35+/m1/s1. The van der Waals surface area contributed by atoms with Crippen LogP contribution < -0.4 is 30.7 Å². The Labute approximate surface area is 321 Å². The SMILES string of the molecule is COc1ccc(C[C@@H]2NC(=O)[C@@H](NC(=O)c3n[nH]c4c3CCC4)Cc3ccc(cc3)OC[C@H](CC(C)C)NC(=O)CN(CC3CC3)C(=O)[C@@H](C)NC2=O)cc1. The molecule has 3 heterocycles. The number of aromatic amines is 1. The molecular formula is C41H53N7O7. The lowest BCUT2D eigenvalue weighted by Crippen LogP contribution is -2.58. The van der Waals surface area contributed by atoms with E-state index in [1.54, 1.807) is 50.4 Å². The second-order valence-electron chi connectivity index (χ2n) is 15.5. The van der Waals surface area contributed by atoms with E-state index in [2.05, 4.69) is 45.3 Å². The lowest BCUT2D eigenvalue weighted by Gasteiger charge is -2.29. The second-order valence-corrected chi connectivity index (χ2v) is 15.5. The predicted molar refractivity (Wildman–Crippen MR) is 204 cm³/mol. The molecule has 0 spiro atoms. The van der Waals surface area contributed by atoms with Crippen molar-refractivity contribution in [1.82, 2.24) is 36.4 Å². The fraction of sp³-hybridized carbons (Fsp3) is 0.512. The van der Waals surface area contributed by atoms with Gasteiger partial charge in [0.25, 0.3) is 5.91 Å². The molecule has 1 aromatic heterocycles. The van der Waals surface area contributed by atoms with Gasteiger partial charge in [0.2, 0.25) is 23.6 Å². The van der Waals surface area contributed by atoms with Gasteiger partial charge < -0.3 is 35.6 Å². The van der Waals surface area contributed by atoms with Crippen LogP contribution in [-0.2, 0) is 44.9 Å². The van der Waals surface area contributed by atoms with E-state index < -0.39 is 41.8 Å². The summed E-state index contributed by atoms with van der Waals surface area (Å²) in [5, 5.41) is 18.9. The molecule has 1 fully saturated rings. The van der Waals surface area contributed by atoms with Crippen molar-refractivity contribution < 1.29 is 33.4 Å². The maximum atomic E-state index is 14.3. The summed E-state index contributed by atoms with van der Waals surface area (Å²) in [6, 6.07) is 10.8. The zero-order valence-corrected chi connectivity index (χ0v) is 32.1. The summed E-state index contributed by atoms with van der Waals surface area (Å²) >= 11 is 0. The number of nitrogens with one attached hydrogen (secondary N) is 5. The van der Waals surface area contributed by atoms with Gasteiger partial charge in [-0.1, -0.05) is 38.1 Å². The normalized spacial score (nSPS) is 22.7. The van der Waals surface area contributed by atoms with E-state index in [1.165, 1.54) is 4.90 Å². The van der Waals surface area contributed by atoms with E-state index in [4.69, 9.17) is 9.47 Å². The third-order valence-corrected chi connectivity index (χ3v) is 10.4. The van der Waals surface area contributed by atoms with Gasteiger partial charge in [-0.05, 0) is 92.7 Å². The molecule has 294 valence electrons. The third kappa shape index (κ3) is 10.6. The van der Waals surface area contributed by atoms with Gasteiger partial charge in [0.05, 0.1) is 19.7 Å². The molecule has 2 aromatic carbocycles. The minimum atomic E-state index is -1.12. The first-order valence-corrected chi connectivity index (χ1v) is 19.4. The van der Waals surface area contributed by atoms with Gasteiger partial charge in [0.1, 0.15) is 36.2 Å². The van der Waals surface area contributed by atoms with Crippen LogP contribution in [0.5, 0.6) is 11.5 Å². The van der Waals surface area contributed by atoms with Crippen molar-refractivity contribution in [2.45, 2.75) is 96.3 Å². The number of aryl methyl sites for hydroxylation is 1. The first-order valence-electron chi connectivity index (χ1n) is 19.4. The van der Waals surface area contributed by atoms with Gasteiger partial charge in [0, 0.05) is 30.6 Å². The Morgan fingerprint density at radius 1 is 0.982 bits per heavy atom. The Bertz CT molecular complexity index is 1840. The van der Waals surface area contributed by atoms with Crippen LogP contribution in [0, 0.1) is 11.8 Å². The molecule has 4 atom stereocenters. The molecule has 3 aromatic rings. The first kappa shape index (κ1) is 39.3. The largest absolute Gasteiger partial charge is 0.497 e. The van der Waals surface area contributed by atoms with Crippen LogP contribution in [0.1, 0.15) is 79.3 Å². The zero-order chi connectivity index (χ0) is 39.1. The molecule has 5 N–H and O–H groups in total. The topological polar surface area (TPSA) is 184 Å². The Morgan fingerprint density at radius 3 is 2.42 bits per heavy atom. The van der Waals surface area contributed by atoms with E-state index in [-0.39, 0.29) is 49.6 Å². The molecule has 4 aliphatic rings. The van der Waals surface area contributed by atoms with Crippen molar-refractivity contribution >= 4 is 29.5 Å². The van der Waals surface area contributed by atoms with Crippen LogP contribution in [0.2, 0.25) is 0 Å². The Kier molecular flexibility index (Phi) is 12.7. The monoisotopic (exact) mass is 755 g/mol. The van der Waals surface area contributed by atoms with Gasteiger partial charge >= 0.3 is 0 Å². The summed E-state index contributed by atoms with van der Waals surface area (Å²) in [5.41, 5.74) is 3.51. The number of hydrogen-bond acceptors (Lipinski definition) is 8. The van der Waals surface area contributed by atoms with E-state index in [0.29, 0.717) is 36.8 Å². The molecule has 5 amide bonds. The molecule has 2 aliphatic heterocycles. The van der Waals surface area contributed by atoms with Gasteiger partial charge in [-0.25, -0.2) is 0 Å². The predicted octanol–water partition coefficient (Wildman–Crippen LogP) is 2.64. The number of carbonyl (C=O) groups excluding carboxylic acids is 5. The summed E-state index contributed by atoms with van der Waals surface area (Å²) in [7, 11) is 1.56. The van der Waals surface area contributed by atoms with Crippen molar-refractivity contribution in [2.24, 2.45) is 11.8 Å². The maximum Gasteiger partial charge on any atom is 0.272 e. The minimum absolute atomic E-state index is 0.0908. The van der Waals surface area contributed by atoms with Crippen LogP contribution in [-0.4, -0.2) is 95.6 Å². The number of benzene rings is 2. The molecule has 14 nitrogen and oxygen atoms in total. The number of methoxy groups -OCH3 is 1. The molecule has 7 rings (SSSR count). The average Bonchev–Trinajstić information content (AvgIpc) is 3.70. The van der Waals surface area contributed by atoms with E-state index >= 15 is 0 Å². The number of ether oxygens (including phenoxy) is 2. The molecule has 0 saturated heterocycles. The Morgan fingerprint density at radius 2 is 1.73 bits per heavy atom. The van der Waals surface area contributed by atoms with Crippen LogP contribution in [0.3, 0.4) is 0 Å². The number of nitrogens with zero attached hydrogens (tertiary/aromatic N) is 2. The Balaban J connectivity index is 1.31. The first-order chi connectivity index (χ1) is 26.4. The molecule has 2 aliphatic carbocycles. The van der Waals surface area contributed by atoms with Crippen molar-refractivity contribution in [3.8, 4) is 11.5 Å². The number of fused-ring (bicyclic) bond motifs is 18. The summed E-state index contributed by atoms with van der Waals surface area (Å²) in [4.78, 5) is 70.9. The number of rotatable bonds is 9. The number of hydrogen-bond donors (Lipinski definition) is 5. The molecular weight excluding hydrogens is 702 g/mol. The molecule has 0 radical (unpaired) electrons. The summed E-state index contributed by atoms with van der Waals surface area (Å²) in [6.45, 7) is 6.18.